The van der Waals surface area contributed by atoms with E-state index in [1.807, 2.05) is 27.9 Å². The molecule has 0 heterocycles. The van der Waals surface area contributed by atoms with Gasteiger partial charge in [0.2, 0.25) is 0 Å². The number of hydrogen-bond donors (Lipinski definition) is 0. The second kappa shape index (κ2) is 6.43. The topological polar surface area (TPSA) is 20.3 Å². The van der Waals surface area contributed by atoms with Crippen molar-refractivity contribution in [2.24, 2.45) is 5.92 Å². The summed E-state index contributed by atoms with van der Waals surface area (Å²) < 4.78 is 0. The lowest BCUT2D eigenvalue weighted by Gasteiger charge is -2.12. The molecule has 0 N–H and O–H groups in total. The van der Waals surface area contributed by atoms with Gasteiger partial charge in [-0.05, 0) is 30.5 Å². The minimum absolute atomic E-state index is 0.172. The Morgan fingerprint density at radius 3 is 2.24 bits per heavy atom. The fraction of sp³-hybridized carbons (Fsp3) is 0.533. The molecule has 0 saturated carbocycles. The molecule has 1 aromatic carbocycles. The molecule has 0 unspecified atom stereocenters. The summed E-state index contributed by atoms with van der Waals surface area (Å²) in [6, 6.07) is 8.55. The zero-order chi connectivity index (χ0) is 12.8. The summed E-state index contributed by atoms with van der Waals surface area (Å²) in [7, 11) is 4.08. The fourth-order valence-corrected chi connectivity index (χ4v) is 1.72. The molecule has 0 atom stereocenters. The van der Waals surface area contributed by atoms with Crippen LogP contribution >= 0.6 is 0 Å². The smallest absolute Gasteiger partial charge is 0.135 e. The molecule has 0 amide bonds. The fourth-order valence-electron chi connectivity index (χ4n) is 1.72. The number of aryl methyl sites for hydroxylation is 1. The van der Waals surface area contributed by atoms with Crippen molar-refractivity contribution in [2.45, 2.75) is 33.1 Å². The quantitative estimate of drug-likeness (QED) is 0.751. The van der Waals surface area contributed by atoms with Gasteiger partial charge in [-0.1, -0.05) is 26.0 Å². The first kappa shape index (κ1) is 13.8. The van der Waals surface area contributed by atoms with E-state index in [-0.39, 0.29) is 5.92 Å². The lowest BCUT2D eigenvalue weighted by molar-refractivity contribution is -0.121. The minimum Gasteiger partial charge on any atom is -0.378 e. The molecule has 94 valence electrons. The molecule has 1 aromatic rings. The molecule has 2 heteroatoms. The van der Waals surface area contributed by atoms with Gasteiger partial charge in [-0.3, -0.25) is 4.79 Å². The predicted octanol–water partition coefficient (Wildman–Crippen LogP) is 3.30. The van der Waals surface area contributed by atoms with Crippen molar-refractivity contribution >= 4 is 11.5 Å². The van der Waals surface area contributed by atoms with Gasteiger partial charge in [0.05, 0.1) is 0 Å². The Kier molecular flexibility index (Phi) is 5.20. The third kappa shape index (κ3) is 4.59. The molecular formula is C15H23NO. The number of nitrogens with zero attached hydrogens (tertiary/aromatic N) is 1. The molecule has 0 fully saturated rings. The zero-order valence-electron chi connectivity index (χ0n) is 11.4. The average Bonchev–Trinajstić information content (AvgIpc) is 2.29. The first-order valence-electron chi connectivity index (χ1n) is 6.29. The van der Waals surface area contributed by atoms with Crippen LogP contribution in [0.15, 0.2) is 24.3 Å². The van der Waals surface area contributed by atoms with E-state index in [2.05, 4.69) is 29.2 Å². The zero-order valence-corrected chi connectivity index (χ0v) is 11.4. The SMILES string of the molecule is CC(C)C(=O)CCCc1ccc(N(C)C)cc1. The van der Waals surface area contributed by atoms with Gasteiger partial charge < -0.3 is 4.90 Å². The highest BCUT2D eigenvalue weighted by Gasteiger charge is 2.06. The van der Waals surface area contributed by atoms with E-state index in [4.69, 9.17) is 0 Å². The number of hydrogen-bond acceptors (Lipinski definition) is 2. The molecule has 0 aliphatic heterocycles. The van der Waals surface area contributed by atoms with Crippen LogP contribution in [0.2, 0.25) is 0 Å². The first-order valence-corrected chi connectivity index (χ1v) is 6.29. The van der Waals surface area contributed by atoms with Crippen LogP contribution in [0.4, 0.5) is 5.69 Å². The highest BCUT2D eigenvalue weighted by Crippen LogP contribution is 2.14. The summed E-state index contributed by atoms with van der Waals surface area (Å²) >= 11 is 0. The summed E-state index contributed by atoms with van der Waals surface area (Å²) in [6.45, 7) is 3.93. The van der Waals surface area contributed by atoms with E-state index in [1.54, 1.807) is 0 Å². The maximum absolute atomic E-state index is 11.5. The second-order valence-electron chi connectivity index (χ2n) is 5.04. The predicted molar refractivity (Wildman–Crippen MR) is 73.6 cm³/mol. The molecule has 2 nitrogen and oxygen atoms in total. The molecule has 0 bridgehead atoms. The van der Waals surface area contributed by atoms with Crippen molar-refractivity contribution in [3.8, 4) is 0 Å². The average molecular weight is 233 g/mol. The van der Waals surface area contributed by atoms with Crippen LogP contribution < -0.4 is 4.90 Å². The number of rotatable bonds is 6. The Hall–Kier alpha value is -1.31. The highest BCUT2D eigenvalue weighted by molar-refractivity contribution is 5.80. The monoisotopic (exact) mass is 233 g/mol. The standard InChI is InChI=1S/C15H23NO/c1-12(2)15(17)7-5-6-13-8-10-14(11-9-13)16(3)4/h8-12H,5-7H2,1-4H3. The number of Topliss-reactive ketones (excluding diaryl/α,β-unsaturated/α-hetero) is 1. The molecule has 0 aliphatic rings. The summed E-state index contributed by atoms with van der Waals surface area (Å²) in [4.78, 5) is 13.6. The van der Waals surface area contributed by atoms with Crippen LogP contribution in [0.25, 0.3) is 0 Å². The van der Waals surface area contributed by atoms with Gasteiger partial charge in [-0.15, -0.1) is 0 Å². The van der Waals surface area contributed by atoms with Gasteiger partial charge in [-0.25, -0.2) is 0 Å². The van der Waals surface area contributed by atoms with Gasteiger partial charge in [0.15, 0.2) is 0 Å². The van der Waals surface area contributed by atoms with Crippen molar-refractivity contribution in [1.82, 2.24) is 0 Å². The van der Waals surface area contributed by atoms with Crippen molar-refractivity contribution in [3.63, 3.8) is 0 Å². The molecule has 0 saturated heterocycles. The Bertz CT molecular complexity index is 352. The van der Waals surface area contributed by atoms with Crippen LogP contribution in [0.1, 0.15) is 32.3 Å². The van der Waals surface area contributed by atoms with Crippen LogP contribution in [0.5, 0.6) is 0 Å². The molecular weight excluding hydrogens is 210 g/mol. The third-order valence-corrected chi connectivity index (χ3v) is 2.99. The summed E-state index contributed by atoms with van der Waals surface area (Å²) in [5, 5.41) is 0. The molecule has 0 spiro atoms. The van der Waals surface area contributed by atoms with Crippen molar-refractivity contribution in [1.29, 1.82) is 0 Å². The van der Waals surface area contributed by atoms with E-state index in [0.29, 0.717) is 12.2 Å². The van der Waals surface area contributed by atoms with Crippen LogP contribution in [0.3, 0.4) is 0 Å². The normalized spacial score (nSPS) is 10.6. The Labute approximate surface area is 105 Å². The Balaban J connectivity index is 2.40. The number of benzene rings is 1. The van der Waals surface area contributed by atoms with Crippen LogP contribution in [-0.2, 0) is 11.2 Å². The van der Waals surface area contributed by atoms with Crippen molar-refractivity contribution in [3.05, 3.63) is 29.8 Å². The van der Waals surface area contributed by atoms with Gasteiger partial charge in [0.25, 0.3) is 0 Å². The Morgan fingerprint density at radius 1 is 1.18 bits per heavy atom. The Morgan fingerprint density at radius 2 is 1.76 bits per heavy atom. The lowest BCUT2D eigenvalue weighted by atomic mass is 10.0. The minimum atomic E-state index is 0.172. The number of anilines is 1. The maximum Gasteiger partial charge on any atom is 0.135 e. The van der Waals surface area contributed by atoms with E-state index >= 15 is 0 Å². The van der Waals surface area contributed by atoms with E-state index in [1.165, 1.54) is 11.3 Å². The van der Waals surface area contributed by atoms with Gasteiger partial charge >= 0.3 is 0 Å². The lowest BCUT2D eigenvalue weighted by Crippen LogP contribution is -2.08. The van der Waals surface area contributed by atoms with Crippen molar-refractivity contribution in [2.75, 3.05) is 19.0 Å². The van der Waals surface area contributed by atoms with E-state index in [0.717, 1.165) is 12.8 Å². The van der Waals surface area contributed by atoms with Crippen LogP contribution in [0, 0.1) is 5.92 Å². The molecule has 1 rings (SSSR count). The van der Waals surface area contributed by atoms with Gasteiger partial charge in [0, 0.05) is 32.1 Å². The summed E-state index contributed by atoms with van der Waals surface area (Å²) in [6.07, 6.45) is 2.65. The van der Waals surface area contributed by atoms with Crippen LogP contribution in [-0.4, -0.2) is 19.9 Å². The first-order chi connectivity index (χ1) is 8.00. The third-order valence-electron chi connectivity index (χ3n) is 2.99. The number of carbonyl (C=O) groups excluding carboxylic acids is 1. The summed E-state index contributed by atoms with van der Waals surface area (Å²) in [5.41, 5.74) is 2.53. The van der Waals surface area contributed by atoms with Gasteiger partial charge in [-0.2, -0.15) is 0 Å². The summed E-state index contributed by atoms with van der Waals surface area (Å²) in [5.74, 6) is 0.543. The molecule has 0 aliphatic carbocycles. The number of carbonyl (C=O) groups is 1. The van der Waals surface area contributed by atoms with E-state index in [9.17, 15) is 4.79 Å². The molecule has 0 radical (unpaired) electrons. The van der Waals surface area contributed by atoms with Crippen molar-refractivity contribution < 1.29 is 4.79 Å². The molecule has 17 heavy (non-hydrogen) atoms. The second-order valence-corrected chi connectivity index (χ2v) is 5.04. The molecule has 0 aromatic heterocycles. The maximum atomic E-state index is 11.5. The largest absolute Gasteiger partial charge is 0.378 e. The number of ketones is 1. The van der Waals surface area contributed by atoms with Gasteiger partial charge in [0.1, 0.15) is 5.78 Å². The highest BCUT2D eigenvalue weighted by atomic mass is 16.1. The van der Waals surface area contributed by atoms with E-state index < -0.39 is 0 Å².